The van der Waals surface area contributed by atoms with E-state index in [9.17, 15) is 9.90 Å². The third kappa shape index (κ3) is 4.51. The first kappa shape index (κ1) is 16.0. The number of aliphatic hydroxyl groups is 1. The summed E-state index contributed by atoms with van der Waals surface area (Å²) < 4.78 is 6.01. The van der Waals surface area contributed by atoms with E-state index in [1.807, 2.05) is 20.8 Å². The molecule has 0 saturated carbocycles. The van der Waals surface area contributed by atoms with Gasteiger partial charge in [0.1, 0.15) is 5.75 Å². The molecule has 0 heterocycles. The van der Waals surface area contributed by atoms with Gasteiger partial charge in [-0.05, 0) is 23.6 Å². The highest BCUT2D eigenvalue weighted by Crippen LogP contribution is 2.23. The molecular formula is C14H20BrNO3. The summed E-state index contributed by atoms with van der Waals surface area (Å²) in [6.07, 6.45) is -0.599. The minimum Gasteiger partial charge on any atom is -0.496 e. The second-order valence-electron chi connectivity index (χ2n) is 5.44. The zero-order chi connectivity index (χ0) is 14.6. The van der Waals surface area contributed by atoms with Crippen molar-refractivity contribution in [2.24, 2.45) is 5.41 Å². The fraction of sp³-hybridized carbons (Fsp3) is 0.500. The van der Waals surface area contributed by atoms with E-state index in [0.29, 0.717) is 11.3 Å². The van der Waals surface area contributed by atoms with Crippen molar-refractivity contribution in [3.8, 4) is 5.75 Å². The molecule has 5 heteroatoms. The lowest BCUT2D eigenvalue weighted by Gasteiger charge is -2.26. The summed E-state index contributed by atoms with van der Waals surface area (Å²) in [6.45, 7) is 5.97. The van der Waals surface area contributed by atoms with Crippen LogP contribution in [0.4, 0.5) is 0 Å². The summed E-state index contributed by atoms with van der Waals surface area (Å²) in [6, 6.07) is 5.19. The van der Waals surface area contributed by atoms with Crippen LogP contribution in [0.1, 0.15) is 31.1 Å². The van der Waals surface area contributed by atoms with Crippen LogP contribution in [0.5, 0.6) is 5.75 Å². The zero-order valence-electron chi connectivity index (χ0n) is 11.7. The van der Waals surface area contributed by atoms with Crippen LogP contribution in [0, 0.1) is 5.41 Å². The molecule has 1 aromatic rings. The number of hydrogen-bond acceptors (Lipinski definition) is 3. The monoisotopic (exact) mass is 329 g/mol. The Kier molecular flexibility index (Phi) is 5.38. The molecule has 0 aliphatic heterocycles. The van der Waals surface area contributed by atoms with Crippen LogP contribution in [0.2, 0.25) is 0 Å². The summed E-state index contributed by atoms with van der Waals surface area (Å²) >= 11 is 3.32. The summed E-state index contributed by atoms with van der Waals surface area (Å²) in [4.78, 5) is 12.0. The predicted octanol–water partition coefficient (Wildman–Crippen LogP) is 2.59. The van der Waals surface area contributed by atoms with Crippen LogP contribution in [-0.4, -0.2) is 30.8 Å². The highest BCUT2D eigenvalue weighted by molar-refractivity contribution is 9.10. The number of benzene rings is 1. The summed E-state index contributed by atoms with van der Waals surface area (Å²) in [5.74, 6) is 0.241. The van der Waals surface area contributed by atoms with E-state index in [0.717, 1.165) is 4.47 Å². The van der Waals surface area contributed by atoms with E-state index in [1.54, 1.807) is 18.2 Å². The van der Waals surface area contributed by atoms with Crippen molar-refractivity contribution in [2.75, 3.05) is 13.7 Å². The van der Waals surface area contributed by atoms with Crippen molar-refractivity contribution in [3.05, 3.63) is 28.2 Å². The van der Waals surface area contributed by atoms with E-state index in [2.05, 4.69) is 21.2 Å². The first-order chi connectivity index (χ1) is 8.75. The third-order valence-corrected chi connectivity index (χ3v) is 3.36. The number of ether oxygens (including phenoxy) is 1. The number of nitrogens with one attached hydrogen (secondary N) is 1. The molecule has 1 atom stereocenters. The largest absolute Gasteiger partial charge is 0.496 e. The Bertz CT molecular complexity index is 454. The van der Waals surface area contributed by atoms with Crippen molar-refractivity contribution in [3.63, 3.8) is 0 Å². The van der Waals surface area contributed by atoms with E-state index >= 15 is 0 Å². The number of halogens is 1. The molecule has 0 aromatic heterocycles. The molecule has 0 saturated heterocycles. The van der Waals surface area contributed by atoms with Crippen LogP contribution in [-0.2, 0) is 0 Å². The van der Waals surface area contributed by atoms with Gasteiger partial charge in [0.2, 0.25) is 0 Å². The molecule has 1 rings (SSSR count). The topological polar surface area (TPSA) is 58.6 Å². The molecule has 0 radical (unpaired) electrons. The molecule has 2 N–H and O–H groups in total. The van der Waals surface area contributed by atoms with Gasteiger partial charge in [-0.2, -0.15) is 0 Å². The maximum Gasteiger partial charge on any atom is 0.255 e. The fourth-order valence-electron chi connectivity index (χ4n) is 1.44. The van der Waals surface area contributed by atoms with Crippen molar-refractivity contribution < 1.29 is 14.6 Å². The molecule has 0 bridgehead atoms. The van der Waals surface area contributed by atoms with Gasteiger partial charge in [0.25, 0.3) is 5.91 Å². The maximum absolute atomic E-state index is 12.0. The van der Waals surface area contributed by atoms with Crippen molar-refractivity contribution in [2.45, 2.75) is 26.9 Å². The number of methoxy groups -OCH3 is 1. The first-order valence-electron chi connectivity index (χ1n) is 6.05. The van der Waals surface area contributed by atoms with Gasteiger partial charge >= 0.3 is 0 Å². The molecule has 4 nitrogen and oxygen atoms in total. The Morgan fingerprint density at radius 1 is 1.47 bits per heavy atom. The van der Waals surface area contributed by atoms with Crippen LogP contribution in [0.3, 0.4) is 0 Å². The molecule has 106 valence electrons. The van der Waals surface area contributed by atoms with Gasteiger partial charge in [-0.3, -0.25) is 4.79 Å². The van der Waals surface area contributed by atoms with E-state index < -0.39 is 6.10 Å². The lowest BCUT2D eigenvalue weighted by atomic mass is 9.89. The Morgan fingerprint density at radius 2 is 2.11 bits per heavy atom. The zero-order valence-corrected chi connectivity index (χ0v) is 13.2. The first-order valence-corrected chi connectivity index (χ1v) is 6.85. The number of amides is 1. The number of carbonyl (C=O) groups is 1. The SMILES string of the molecule is COc1cc(Br)ccc1C(=O)NCC(O)C(C)(C)C. The highest BCUT2D eigenvalue weighted by atomic mass is 79.9. The summed E-state index contributed by atoms with van der Waals surface area (Å²) in [7, 11) is 1.52. The van der Waals surface area contributed by atoms with Gasteiger partial charge in [0, 0.05) is 11.0 Å². The van der Waals surface area contributed by atoms with Crippen molar-refractivity contribution >= 4 is 21.8 Å². The van der Waals surface area contributed by atoms with Gasteiger partial charge in [0.05, 0.1) is 18.8 Å². The van der Waals surface area contributed by atoms with Gasteiger partial charge in [-0.15, -0.1) is 0 Å². The molecule has 1 aromatic carbocycles. The van der Waals surface area contributed by atoms with E-state index in [4.69, 9.17) is 4.74 Å². The Hall–Kier alpha value is -1.07. The molecule has 1 unspecified atom stereocenters. The Morgan fingerprint density at radius 3 is 2.63 bits per heavy atom. The van der Waals surface area contributed by atoms with Crippen LogP contribution >= 0.6 is 15.9 Å². The van der Waals surface area contributed by atoms with Crippen molar-refractivity contribution in [1.82, 2.24) is 5.32 Å². The van der Waals surface area contributed by atoms with Crippen LogP contribution in [0.15, 0.2) is 22.7 Å². The van der Waals surface area contributed by atoms with E-state index in [1.165, 1.54) is 7.11 Å². The average Bonchev–Trinajstić information content (AvgIpc) is 2.33. The third-order valence-electron chi connectivity index (χ3n) is 2.86. The van der Waals surface area contributed by atoms with Gasteiger partial charge in [0.15, 0.2) is 0 Å². The van der Waals surface area contributed by atoms with Gasteiger partial charge in [-0.1, -0.05) is 36.7 Å². The number of rotatable bonds is 4. The summed E-state index contributed by atoms with van der Waals surface area (Å²) in [5, 5.41) is 12.6. The number of aliphatic hydroxyl groups excluding tert-OH is 1. The fourth-order valence-corrected chi connectivity index (χ4v) is 1.78. The molecule has 0 aliphatic rings. The van der Waals surface area contributed by atoms with Gasteiger partial charge in [-0.25, -0.2) is 0 Å². The maximum atomic E-state index is 12.0. The van der Waals surface area contributed by atoms with Gasteiger partial charge < -0.3 is 15.2 Å². The Labute approximate surface area is 122 Å². The second-order valence-corrected chi connectivity index (χ2v) is 6.35. The number of carbonyl (C=O) groups excluding carboxylic acids is 1. The van der Waals surface area contributed by atoms with E-state index in [-0.39, 0.29) is 17.9 Å². The smallest absolute Gasteiger partial charge is 0.255 e. The average molecular weight is 330 g/mol. The molecule has 0 aliphatic carbocycles. The standard InChI is InChI=1S/C14H20BrNO3/c1-14(2,3)12(17)8-16-13(18)10-6-5-9(15)7-11(10)19-4/h5-7,12,17H,8H2,1-4H3,(H,16,18). The molecular weight excluding hydrogens is 310 g/mol. The minimum absolute atomic E-state index is 0.210. The van der Waals surface area contributed by atoms with Crippen LogP contribution in [0.25, 0.3) is 0 Å². The normalized spacial score (nSPS) is 12.9. The number of hydrogen-bond donors (Lipinski definition) is 2. The van der Waals surface area contributed by atoms with Crippen LogP contribution < -0.4 is 10.1 Å². The lowest BCUT2D eigenvalue weighted by Crippen LogP contribution is -2.39. The summed E-state index contributed by atoms with van der Waals surface area (Å²) in [5.41, 5.74) is 0.184. The molecule has 1 amide bonds. The molecule has 0 fully saturated rings. The minimum atomic E-state index is -0.599. The quantitative estimate of drug-likeness (QED) is 0.892. The highest BCUT2D eigenvalue weighted by Gasteiger charge is 2.23. The van der Waals surface area contributed by atoms with Crippen molar-refractivity contribution in [1.29, 1.82) is 0 Å². The molecule has 0 spiro atoms. The Balaban J connectivity index is 2.74. The molecule has 19 heavy (non-hydrogen) atoms. The second kappa shape index (κ2) is 6.39. The lowest BCUT2D eigenvalue weighted by molar-refractivity contribution is 0.0586. The predicted molar refractivity (Wildman–Crippen MR) is 78.5 cm³/mol.